The van der Waals surface area contributed by atoms with E-state index in [2.05, 4.69) is 0 Å². The normalized spacial score (nSPS) is 22.0. The second-order valence-electron chi connectivity index (χ2n) is 3.09. The Kier molecular flexibility index (Phi) is 2.09. The summed E-state index contributed by atoms with van der Waals surface area (Å²) in [5.41, 5.74) is 2.01. The van der Waals surface area contributed by atoms with E-state index in [1.54, 1.807) is 11.8 Å². The second-order valence-corrected chi connectivity index (χ2v) is 4.23. The van der Waals surface area contributed by atoms with Crippen molar-refractivity contribution in [1.82, 2.24) is 0 Å². The summed E-state index contributed by atoms with van der Waals surface area (Å²) < 4.78 is 13.4. The van der Waals surface area contributed by atoms with Crippen molar-refractivity contribution in [3.63, 3.8) is 0 Å². The average Bonchev–Trinajstić information content (AvgIpc) is 2.04. The Morgan fingerprint density at radius 2 is 2.33 bits per heavy atom. The molecule has 0 amide bonds. The van der Waals surface area contributed by atoms with Gasteiger partial charge in [0.15, 0.2) is 0 Å². The Labute approximate surface area is 76.2 Å². The van der Waals surface area contributed by atoms with E-state index in [9.17, 15) is 4.39 Å². The van der Waals surface area contributed by atoms with Gasteiger partial charge in [-0.3, -0.25) is 0 Å². The van der Waals surface area contributed by atoms with Gasteiger partial charge in [0.05, 0.1) is 0 Å². The molecule has 0 fully saturated rings. The van der Waals surface area contributed by atoms with Crippen molar-refractivity contribution in [3.05, 3.63) is 29.3 Å². The lowest BCUT2D eigenvalue weighted by Crippen LogP contribution is -2.04. The van der Waals surface area contributed by atoms with Gasteiger partial charge in [-0.05, 0) is 25.0 Å². The molecule has 0 saturated carbocycles. The Morgan fingerprint density at radius 3 is 3.08 bits per heavy atom. The molecule has 1 aliphatic rings. The van der Waals surface area contributed by atoms with Crippen LogP contribution in [-0.4, -0.2) is 5.75 Å². The molecular weight excluding hydrogens is 171 g/mol. The highest BCUT2D eigenvalue weighted by Crippen LogP contribution is 2.39. The molecule has 0 radical (unpaired) electrons. The minimum Gasteiger partial charge on any atom is -0.242 e. The van der Waals surface area contributed by atoms with Gasteiger partial charge in [0.25, 0.3) is 0 Å². The summed E-state index contributed by atoms with van der Waals surface area (Å²) in [6, 6.07) is 6.00. The molecule has 2 heteroatoms. The molecule has 0 spiro atoms. The molecule has 1 aromatic rings. The minimum absolute atomic E-state index is 0.669. The van der Waals surface area contributed by atoms with Gasteiger partial charge >= 0.3 is 0 Å². The Hall–Kier alpha value is -0.500. The number of hydrogen-bond donors (Lipinski definition) is 0. The van der Waals surface area contributed by atoms with E-state index in [-0.39, 0.29) is 0 Å². The molecule has 64 valence electrons. The summed E-state index contributed by atoms with van der Waals surface area (Å²) >= 11 is 1.77. The third kappa shape index (κ3) is 1.24. The van der Waals surface area contributed by atoms with Crippen LogP contribution in [0.2, 0.25) is 0 Å². The molecule has 0 N–H and O–H groups in total. The van der Waals surface area contributed by atoms with Gasteiger partial charge in [0, 0.05) is 16.2 Å². The van der Waals surface area contributed by atoms with E-state index in [4.69, 9.17) is 0 Å². The zero-order valence-electron chi connectivity index (χ0n) is 7.01. The first kappa shape index (κ1) is 8.11. The molecule has 1 heterocycles. The highest BCUT2D eigenvalue weighted by molar-refractivity contribution is 7.99. The van der Waals surface area contributed by atoms with Gasteiger partial charge in [-0.25, -0.2) is 4.39 Å². The fraction of sp³-hybridized carbons (Fsp3) is 0.400. The highest BCUT2D eigenvalue weighted by atomic mass is 32.2. The van der Waals surface area contributed by atoms with E-state index in [1.165, 1.54) is 0 Å². The average molecular weight is 182 g/mol. The summed E-state index contributed by atoms with van der Waals surface area (Å²) in [6.07, 6.45) is -0.0647. The topological polar surface area (TPSA) is 0 Å². The van der Waals surface area contributed by atoms with Gasteiger partial charge in [-0.2, -0.15) is 0 Å². The number of thioether (sulfide) groups is 1. The van der Waals surface area contributed by atoms with Gasteiger partial charge < -0.3 is 0 Å². The number of alkyl halides is 1. The van der Waals surface area contributed by atoms with Gasteiger partial charge in [0.1, 0.15) is 6.17 Å². The Balaban J connectivity index is 2.53. The van der Waals surface area contributed by atoms with Crippen molar-refractivity contribution >= 4 is 11.8 Å². The predicted molar refractivity (Wildman–Crippen MR) is 50.4 cm³/mol. The van der Waals surface area contributed by atoms with Crippen molar-refractivity contribution in [2.24, 2.45) is 0 Å². The first-order chi connectivity index (χ1) is 5.79. The van der Waals surface area contributed by atoms with E-state index in [0.717, 1.165) is 21.8 Å². The number of aryl methyl sites for hydroxylation is 1. The highest BCUT2D eigenvalue weighted by Gasteiger charge is 2.21. The second kappa shape index (κ2) is 3.09. The summed E-state index contributed by atoms with van der Waals surface area (Å²) in [6.45, 7) is 1.98. The summed E-state index contributed by atoms with van der Waals surface area (Å²) in [7, 11) is 0. The van der Waals surface area contributed by atoms with Crippen LogP contribution in [0.4, 0.5) is 4.39 Å². The van der Waals surface area contributed by atoms with Crippen molar-refractivity contribution in [1.29, 1.82) is 0 Å². The van der Waals surface area contributed by atoms with E-state index in [1.807, 2.05) is 25.1 Å². The number of fused-ring (bicyclic) bond motifs is 1. The quantitative estimate of drug-likeness (QED) is 0.591. The van der Waals surface area contributed by atoms with Gasteiger partial charge in [-0.15, -0.1) is 11.8 Å². The van der Waals surface area contributed by atoms with Crippen molar-refractivity contribution < 1.29 is 4.39 Å². The zero-order valence-corrected chi connectivity index (χ0v) is 7.83. The van der Waals surface area contributed by atoms with Crippen LogP contribution in [0.3, 0.4) is 0 Å². The van der Waals surface area contributed by atoms with Crippen LogP contribution in [0.1, 0.15) is 23.7 Å². The third-order valence-corrected chi connectivity index (χ3v) is 3.33. The molecule has 1 unspecified atom stereocenters. The largest absolute Gasteiger partial charge is 0.242 e. The van der Waals surface area contributed by atoms with Crippen LogP contribution in [0.25, 0.3) is 0 Å². The maximum absolute atomic E-state index is 13.4. The standard InChI is InChI=1S/C10H11FS/c1-7-3-2-4-9-10(7)8(11)5-6-12-9/h2-4,8H,5-6H2,1H3. The van der Waals surface area contributed by atoms with Crippen LogP contribution in [0.5, 0.6) is 0 Å². The maximum Gasteiger partial charge on any atom is 0.127 e. The van der Waals surface area contributed by atoms with Crippen LogP contribution in [0.15, 0.2) is 23.1 Å². The summed E-state index contributed by atoms with van der Waals surface area (Å²) in [5.74, 6) is 0.914. The molecule has 12 heavy (non-hydrogen) atoms. The summed E-state index contributed by atoms with van der Waals surface area (Å²) in [5, 5.41) is 0. The van der Waals surface area contributed by atoms with Crippen LogP contribution in [0, 0.1) is 6.92 Å². The van der Waals surface area contributed by atoms with Crippen molar-refractivity contribution in [2.75, 3.05) is 5.75 Å². The number of hydrogen-bond acceptors (Lipinski definition) is 1. The maximum atomic E-state index is 13.4. The number of halogens is 1. The molecule has 0 saturated heterocycles. The Bertz CT molecular complexity index is 296. The fourth-order valence-electron chi connectivity index (χ4n) is 1.60. The fourth-order valence-corrected chi connectivity index (χ4v) is 2.76. The lowest BCUT2D eigenvalue weighted by atomic mass is 10.0. The van der Waals surface area contributed by atoms with E-state index in [0.29, 0.717) is 6.42 Å². The lowest BCUT2D eigenvalue weighted by Gasteiger charge is -2.20. The van der Waals surface area contributed by atoms with Crippen molar-refractivity contribution in [2.45, 2.75) is 24.4 Å². The molecule has 1 atom stereocenters. The first-order valence-electron chi connectivity index (χ1n) is 4.15. The molecule has 0 bridgehead atoms. The van der Waals surface area contributed by atoms with Crippen LogP contribution < -0.4 is 0 Å². The Morgan fingerprint density at radius 1 is 1.50 bits per heavy atom. The van der Waals surface area contributed by atoms with Crippen LogP contribution >= 0.6 is 11.8 Å². The van der Waals surface area contributed by atoms with Crippen LogP contribution in [-0.2, 0) is 0 Å². The summed E-state index contributed by atoms with van der Waals surface area (Å²) in [4.78, 5) is 1.13. The molecule has 1 aromatic carbocycles. The van der Waals surface area contributed by atoms with Gasteiger partial charge in [0.2, 0.25) is 0 Å². The smallest absolute Gasteiger partial charge is 0.127 e. The SMILES string of the molecule is Cc1cccc2c1C(F)CCS2. The van der Waals surface area contributed by atoms with Gasteiger partial charge in [-0.1, -0.05) is 12.1 Å². The third-order valence-electron chi connectivity index (χ3n) is 2.23. The molecule has 1 aliphatic heterocycles. The zero-order chi connectivity index (χ0) is 8.55. The lowest BCUT2D eigenvalue weighted by molar-refractivity contribution is 0.327. The van der Waals surface area contributed by atoms with E-state index < -0.39 is 6.17 Å². The molecule has 0 aliphatic carbocycles. The van der Waals surface area contributed by atoms with Crippen molar-refractivity contribution in [3.8, 4) is 0 Å². The predicted octanol–water partition coefficient (Wildman–Crippen LogP) is 3.50. The molecular formula is C10H11FS. The first-order valence-corrected chi connectivity index (χ1v) is 5.14. The minimum atomic E-state index is -0.734. The molecule has 0 nitrogen and oxygen atoms in total. The number of rotatable bonds is 0. The molecule has 2 rings (SSSR count). The molecule has 0 aromatic heterocycles. The monoisotopic (exact) mass is 182 g/mol. The van der Waals surface area contributed by atoms with E-state index >= 15 is 0 Å². The number of benzene rings is 1.